The average molecular weight is 479 g/mol. The van der Waals surface area contributed by atoms with Crippen molar-refractivity contribution in [1.29, 1.82) is 0 Å². The lowest BCUT2D eigenvalue weighted by molar-refractivity contribution is -0.143. The molecule has 0 aliphatic carbocycles. The molecule has 4 amide bonds. The molecule has 0 saturated heterocycles. The van der Waals surface area contributed by atoms with Crippen LogP contribution in [0.15, 0.2) is 0 Å². The number of aliphatic hydroxyl groups is 1. The number of carboxylic acids is 1. The lowest BCUT2D eigenvalue weighted by atomic mass is 10.1. The molecular weight excluding hydrogens is 444 g/mol. The number of nitrogens with two attached hydrogens (primary N) is 3. The molecule has 0 bridgehead atoms. The van der Waals surface area contributed by atoms with Gasteiger partial charge in [-0.2, -0.15) is 11.8 Å². The minimum Gasteiger partial charge on any atom is -0.480 e. The number of primary amides is 1. The molecule has 0 aliphatic heterocycles. The number of hydrogen-bond donors (Lipinski definition) is 8. The number of aliphatic hydroxyl groups excluding tert-OH is 1. The smallest absolute Gasteiger partial charge is 0.326 e. The fourth-order valence-electron chi connectivity index (χ4n) is 2.57. The normalized spacial score (nSPS) is 14.5. The third-order valence-corrected chi connectivity index (χ3v) is 5.02. The summed E-state index contributed by atoms with van der Waals surface area (Å²) in [6.07, 6.45) is 2.65. The van der Waals surface area contributed by atoms with Gasteiger partial charge in [-0.3, -0.25) is 19.2 Å². The van der Waals surface area contributed by atoms with Crippen molar-refractivity contribution < 1.29 is 34.2 Å². The largest absolute Gasteiger partial charge is 0.480 e. The van der Waals surface area contributed by atoms with E-state index in [4.69, 9.17) is 22.3 Å². The van der Waals surface area contributed by atoms with Gasteiger partial charge in [0.15, 0.2) is 0 Å². The summed E-state index contributed by atoms with van der Waals surface area (Å²) in [5.41, 5.74) is 16.0. The van der Waals surface area contributed by atoms with Gasteiger partial charge >= 0.3 is 5.97 Å². The maximum Gasteiger partial charge on any atom is 0.326 e. The number of carbonyl (C=O) groups is 5. The molecule has 32 heavy (non-hydrogen) atoms. The first-order chi connectivity index (χ1) is 15.1. The second-order valence-corrected chi connectivity index (χ2v) is 8.03. The number of nitrogens with one attached hydrogen (secondary N) is 3. The summed E-state index contributed by atoms with van der Waals surface area (Å²) in [4.78, 5) is 59.9. The predicted molar refractivity (Wildman–Crippen MR) is 118 cm³/mol. The zero-order valence-corrected chi connectivity index (χ0v) is 18.9. The number of carboxylic acid groups (broad SMARTS) is 1. The molecular formula is C18H34N6O7S. The molecule has 184 valence electrons. The Kier molecular flexibility index (Phi) is 15.0. The standard InChI is InChI=1S/C18H34N6O7S/c1-32-7-5-12(17(29)24-13(18(30)31)8-14(21)26)23-16(28)11(4-2-3-6-19)22-15(27)10(20)9-25/h10-13,25H,2-9,19-20H2,1H3,(H2,21,26)(H,22,27)(H,23,28)(H,24,29)(H,30,31). The molecule has 4 atom stereocenters. The first kappa shape index (κ1) is 29.6. The van der Waals surface area contributed by atoms with Crippen LogP contribution in [0.3, 0.4) is 0 Å². The Labute approximate surface area is 190 Å². The molecule has 4 unspecified atom stereocenters. The summed E-state index contributed by atoms with van der Waals surface area (Å²) in [5, 5.41) is 25.4. The first-order valence-electron chi connectivity index (χ1n) is 10.0. The van der Waals surface area contributed by atoms with Gasteiger partial charge in [-0.1, -0.05) is 0 Å². The van der Waals surface area contributed by atoms with Crippen molar-refractivity contribution in [2.24, 2.45) is 17.2 Å². The van der Waals surface area contributed by atoms with E-state index < -0.39 is 66.8 Å². The molecule has 11 N–H and O–H groups in total. The van der Waals surface area contributed by atoms with Crippen LogP contribution in [0, 0.1) is 0 Å². The van der Waals surface area contributed by atoms with Gasteiger partial charge in [-0.25, -0.2) is 4.79 Å². The summed E-state index contributed by atoms with van der Waals surface area (Å²) >= 11 is 1.40. The van der Waals surface area contributed by atoms with E-state index in [1.807, 2.05) is 0 Å². The monoisotopic (exact) mass is 478 g/mol. The van der Waals surface area contributed by atoms with Gasteiger partial charge in [0.2, 0.25) is 23.6 Å². The summed E-state index contributed by atoms with van der Waals surface area (Å²) in [6, 6.07) is -4.93. The lowest BCUT2D eigenvalue weighted by Gasteiger charge is -2.25. The first-order valence-corrected chi connectivity index (χ1v) is 11.4. The van der Waals surface area contributed by atoms with E-state index in [2.05, 4.69) is 16.0 Å². The van der Waals surface area contributed by atoms with Crippen LogP contribution < -0.4 is 33.2 Å². The fraction of sp³-hybridized carbons (Fsp3) is 0.722. The molecule has 0 radical (unpaired) electrons. The third-order valence-electron chi connectivity index (χ3n) is 4.38. The Morgan fingerprint density at radius 1 is 0.906 bits per heavy atom. The predicted octanol–water partition coefficient (Wildman–Crippen LogP) is -3.40. The Morgan fingerprint density at radius 2 is 1.44 bits per heavy atom. The summed E-state index contributed by atoms with van der Waals surface area (Å²) in [5.74, 6) is -4.12. The number of thioether (sulfide) groups is 1. The van der Waals surface area contributed by atoms with Gasteiger partial charge < -0.3 is 43.4 Å². The van der Waals surface area contributed by atoms with Crippen molar-refractivity contribution in [2.75, 3.05) is 25.2 Å². The van der Waals surface area contributed by atoms with Crippen LogP contribution in [0.2, 0.25) is 0 Å². The van der Waals surface area contributed by atoms with E-state index in [1.165, 1.54) is 11.8 Å². The van der Waals surface area contributed by atoms with Gasteiger partial charge in [0, 0.05) is 0 Å². The summed E-state index contributed by atoms with van der Waals surface area (Å²) in [6.45, 7) is -0.230. The molecule has 0 aromatic carbocycles. The Bertz CT molecular complexity index is 651. The van der Waals surface area contributed by atoms with E-state index in [0.29, 0.717) is 25.1 Å². The van der Waals surface area contributed by atoms with E-state index >= 15 is 0 Å². The molecule has 0 heterocycles. The minimum atomic E-state index is -1.55. The molecule has 0 aromatic heterocycles. The lowest BCUT2D eigenvalue weighted by Crippen LogP contribution is -2.57. The molecule has 0 rings (SSSR count). The number of aliphatic carboxylic acids is 1. The van der Waals surface area contributed by atoms with Crippen LogP contribution in [0.5, 0.6) is 0 Å². The van der Waals surface area contributed by atoms with Gasteiger partial charge in [0.1, 0.15) is 24.2 Å². The summed E-state index contributed by atoms with van der Waals surface area (Å²) < 4.78 is 0. The number of rotatable bonds is 17. The van der Waals surface area contributed by atoms with E-state index in [1.54, 1.807) is 6.26 Å². The second-order valence-electron chi connectivity index (χ2n) is 7.05. The van der Waals surface area contributed by atoms with Crippen LogP contribution in [0.25, 0.3) is 0 Å². The quantitative estimate of drug-likeness (QED) is 0.0963. The van der Waals surface area contributed by atoms with Crippen LogP contribution in [-0.4, -0.2) is 89.1 Å². The number of unbranched alkanes of at least 4 members (excludes halogenated alkanes) is 1. The number of carbonyl (C=O) groups excluding carboxylic acids is 4. The van der Waals surface area contributed by atoms with Crippen molar-refractivity contribution in [1.82, 2.24) is 16.0 Å². The SMILES string of the molecule is CSCCC(NC(=O)C(CCCCN)NC(=O)C(N)CO)C(=O)NC(CC(N)=O)C(=O)O. The minimum absolute atomic E-state index is 0.168. The molecule has 0 spiro atoms. The van der Waals surface area contributed by atoms with Crippen molar-refractivity contribution in [3.8, 4) is 0 Å². The zero-order valence-electron chi connectivity index (χ0n) is 18.0. The van der Waals surface area contributed by atoms with Crippen LogP contribution in [0.4, 0.5) is 0 Å². The Balaban J connectivity index is 5.41. The average Bonchev–Trinajstić information content (AvgIpc) is 2.73. The number of hydrogen-bond acceptors (Lipinski definition) is 9. The topological polar surface area (TPSA) is 240 Å². The van der Waals surface area contributed by atoms with Crippen molar-refractivity contribution in [3.05, 3.63) is 0 Å². The maximum absolute atomic E-state index is 12.8. The van der Waals surface area contributed by atoms with Crippen molar-refractivity contribution >= 4 is 41.4 Å². The molecule has 0 aromatic rings. The van der Waals surface area contributed by atoms with E-state index in [9.17, 15) is 29.1 Å². The Hall–Kier alpha value is -2.42. The summed E-state index contributed by atoms with van der Waals surface area (Å²) in [7, 11) is 0. The third kappa shape index (κ3) is 11.8. The van der Waals surface area contributed by atoms with E-state index in [-0.39, 0.29) is 12.8 Å². The second kappa shape index (κ2) is 16.2. The zero-order chi connectivity index (χ0) is 24.7. The van der Waals surface area contributed by atoms with Gasteiger partial charge in [0.25, 0.3) is 0 Å². The molecule has 0 saturated carbocycles. The van der Waals surface area contributed by atoms with E-state index in [0.717, 1.165) is 0 Å². The highest BCUT2D eigenvalue weighted by molar-refractivity contribution is 7.98. The van der Waals surface area contributed by atoms with Crippen LogP contribution in [-0.2, 0) is 24.0 Å². The fourth-order valence-corrected chi connectivity index (χ4v) is 3.05. The highest BCUT2D eigenvalue weighted by atomic mass is 32.2. The maximum atomic E-state index is 12.8. The van der Waals surface area contributed by atoms with Gasteiger partial charge in [-0.15, -0.1) is 0 Å². The van der Waals surface area contributed by atoms with Crippen molar-refractivity contribution in [3.63, 3.8) is 0 Å². The molecule has 13 nitrogen and oxygen atoms in total. The van der Waals surface area contributed by atoms with Crippen LogP contribution in [0.1, 0.15) is 32.1 Å². The number of amides is 4. The molecule has 0 aliphatic rings. The highest BCUT2D eigenvalue weighted by Crippen LogP contribution is 2.06. The van der Waals surface area contributed by atoms with Gasteiger partial charge in [0.05, 0.1) is 13.0 Å². The van der Waals surface area contributed by atoms with Crippen molar-refractivity contribution in [2.45, 2.75) is 56.3 Å². The Morgan fingerprint density at radius 3 is 1.91 bits per heavy atom. The molecule has 14 heteroatoms. The van der Waals surface area contributed by atoms with Gasteiger partial charge in [-0.05, 0) is 44.2 Å². The highest BCUT2D eigenvalue weighted by Gasteiger charge is 2.30. The molecule has 0 fully saturated rings. The van der Waals surface area contributed by atoms with Crippen LogP contribution >= 0.6 is 11.8 Å².